The number of halogens is 2. The second-order valence-electron chi connectivity index (χ2n) is 7.33. The van der Waals surface area contributed by atoms with E-state index in [4.69, 9.17) is 9.52 Å². The van der Waals surface area contributed by atoms with Crippen LogP contribution in [0.1, 0.15) is 16.8 Å². The van der Waals surface area contributed by atoms with Gasteiger partial charge in [0.25, 0.3) is 0 Å². The summed E-state index contributed by atoms with van der Waals surface area (Å²) in [5.74, 6) is 0.329. The first-order chi connectivity index (χ1) is 14.2. The van der Waals surface area contributed by atoms with Crippen molar-refractivity contribution < 1.29 is 17.7 Å². The van der Waals surface area contributed by atoms with E-state index in [1.807, 2.05) is 0 Å². The van der Waals surface area contributed by atoms with E-state index in [0.29, 0.717) is 52.8 Å². The minimum atomic E-state index is -2.71. The summed E-state index contributed by atoms with van der Waals surface area (Å²) < 4.78 is 53.6. The van der Waals surface area contributed by atoms with E-state index in [-0.39, 0.29) is 17.1 Å². The predicted octanol–water partition coefficient (Wildman–Crippen LogP) is 4.59. The van der Waals surface area contributed by atoms with E-state index in [1.54, 1.807) is 19.1 Å². The molecule has 0 saturated heterocycles. The molecule has 6 nitrogen and oxygen atoms in total. The topological polar surface area (TPSA) is 88.0 Å². The molecule has 0 radical (unpaired) electrons. The van der Waals surface area contributed by atoms with Gasteiger partial charge in [0.2, 0.25) is 0 Å². The average molecular weight is 430 g/mol. The number of rotatable bonds is 5. The van der Waals surface area contributed by atoms with Crippen molar-refractivity contribution in [3.8, 4) is 16.9 Å². The number of nitrogens with one attached hydrogen (secondary N) is 2. The molecule has 4 rings (SSSR count). The maximum Gasteiger partial charge on any atom is 0.149 e. The minimum absolute atomic E-state index is 0.103. The van der Waals surface area contributed by atoms with Crippen LogP contribution < -0.4 is 10.1 Å². The maximum atomic E-state index is 14.6. The molecule has 2 N–H and O–H groups in total. The maximum absolute atomic E-state index is 14.6. The SMILES string of the molecule is Cc1cc(CS(C)(=N)=O)cc(Nc2cc(-c3ccc(F)c4c3OCC4)c(F)cn2)n1. The van der Waals surface area contributed by atoms with Crippen LogP contribution in [0, 0.1) is 23.3 Å². The fourth-order valence-electron chi connectivity index (χ4n) is 3.52. The van der Waals surface area contributed by atoms with E-state index >= 15 is 0 Å². The van der Waals surface area contributed by atoms with Gasteiger partial charge in [-0.25, -0.2) is 23.0 Å². The average Bonchev–Trinajstić information content (AvgIpc) is 3.13. The molecule has 2 aromatic heterocycles. The molecule has 0 aliphatic carbocycles. The first-order valence-electron chi connectivity index (χ1n) is 9.26. The number of hydrogen-bond acceptors (Lipinski definition) is 6. The summed E-state index contributed by atoms with van der Waals surface area (Å²) in [6.45, 7) is 2.15. The molecule has 0 amide bonds. The molecule has 0 bridgehead atoms. The number of anilines is 2. The third kappa shape index (κ3) is 4.25. The summed E-state index contributed by atoms with van der Waals surface area (Å²) in [4.78, 5) is 8.45. The lowest BCUT2D eigenvalue weighted by Gasteiger charge is -2.13. The second-order valence-corrected chi connectivity index (χ2v) is 9.63. The number of benzene rings is 1. The van der Waals surface area contributed by atoms with E-state index in [1.165, 1.54) is 24.5 Å². The Kier molecular flexibility index (Phi) is 5.15. The third-order valence-electron chi connectivity index (χ3n) is 4.66. The van der Waals surface area contributed by atoms with Crippen LogP contribution in [0.4, 0.5) is 20.4 Å². The molecule has 9 heteroatoms. The molecule has 30 heavy (non-hydrogen) atoms. The van der Waals surface area contributed by atoms with E-state index < -0.39 is 15.5 Å². The fourth-order valence-corrected chi connectivity index (χ4v) is 4.32. The van der Waals surface area contributed by atoms with E-state index in [0.717, 1.165) is 6.20 Å². The first-order valence-corrected chi connectivity index (χ1v) is 11.4. The zero-order chi connectivity index (χ0) is 21.5. The quantitative estimate of drug-likeness (QED) is 0.618. The van der Waals surface area contributed by atoms with Crippen molar-refractivity contribution in [2.45, 2.75) is 19.1 Å². The van der Waals surface area contributed by atoms with Crippen molar-refractivity contribution in [1.82, 2.24) is 9.97 Å². The summed E-state index contributed by atoms with van der Waals surface area (Å²) in [6, 6.07) is 7.78. The van der Waals surface area contributed by atoms with Crippen LogP contribution in [-0.4, -0.2) is 27.0 Å². The molecule has 156 valence electrons. The fraction of sp³-hybridized carbons (Fsp3) is 0.238. The number of aromatic nitrogens is 2. The lowest BCUT2D eigenvalue weighted by Crippen LogP contribution is -2.03. The van der Waals surface area contributed by atoms with Gasteiger partial charge in [0.1, 0.15) is 29.0 Å². The van der Waals surface area contributed by atoms with Crippen molar-refractivity contribution in [1.29, 1.82) is 4.78 Å². The molecule has 1 atom stereocenters. The molecule has 1 aliphatic rings. The first kappa shape index (κ1) is 20.2. The highest BCUT2D eigenvalue weighted by molar-refractivity contribution is 7.90. The van der Waals surface area contributed by atoms with Gasteiger partial charge in [0.05, 0.1) is 18.6 Å². The van der Waals surface area contributed by atoms with Gasteiger partial charge in [-0.05, 0) is 42.8 Å². The minimum Gasteiger partial charge on any atom is -0.492 e. The third-order valence-corrected chi connectivity index (χ3v) is 5.54. The zero-order valence-electron chi connectivity index (χ0n) is 16.5. The Morgan fingerprint density at radius 3 is 2.73 bits per heavy atom. The molecule has 3 heterocycles. The Balaban J connectivity index is 1.70. The van der Waals surface area contributed by atoms with Gasteiger partial charge in [0, 0.05) is 44.8 Å². The van der Waals surface area contributed by atoms with Gasteiger partial charge >= 0.3 is 0 Å². The van der Waals surface area contributed by atoms with Gasteiger partial charge in [-0.2, -0.15) is 0 Å². The van der Waals surface area contributed by atoms with Crippen LogP contribution in [-0.2, 0) is 21.9 Å². The highest BCUT2D eigenvalue weighted by atomic mass is 32.2. The van der Waals surface area contributed by atoms with Crippen LogP contribution in [0.2, 0.25) is 0 Å². The van der Waals surface area contributed by atoms with Crippen molar-refractivity contribution in [2.75, 3.05) is 18.2 Å². The van der Waals surface area contributed by atoms with Gasteiger partial charge in [0.15, 0.2) is 0 Å². The van der Waals surface area contributed by atoms with E-state index in [9.17, 15) is 13.0 Å². The van der Waals surface area contributed by atoms with Crippen molar-refractivity contribution in [3.63, 3.8) is 0 Å². The second kappa shape index (κ2) is 7.64. The smallest absolute Gasteiger partial charge is 0.149 e. The normalized spacial score (nSPS) is 14.7. The standard InChI is InChI=1S/C21H20F2N4O2S/c1-12-7-13(11-30(2,24)28)8-20(26-12)27-19-9-16(18(23)10-25-19)14-3-4-17(22)15-5-6-29-21(14)15/h3-4,7-10,24H,5-6,11H2,1-2H3,(H,25,26,27). The summed E-state index contributed by atoms with van der Waals surface area (Å²) in [7, 11) is -2.71. The molecular formula is C21H20F2N4O2S. The summed E-state index contributed by atoms with van der Waals surface area (Å²) in [6.07, 6.45) is 2.91. The Bertz CT molecular complexity index is 1250. The van der Waals surface area contributed by atoms with Gasteiger partial charge < -0.3 is 10.1 Å². The number of ether oxygens (including phenoxy) is 1. The lowest BCUT2D eigenvalue weighted by molar-refractivity contribution is 0.358. The number of hydrogen-bond donors (Lipinski definition) is 2. The Morgan fingerprint density at radius 2 is 1.97 bits per heavy atom. The largest absolute Gasteiger partial charge is 0.492 e. The van der Waals surface area contributed by atoms with E-state index in [2.05, 4.69) is 15.3 Å². The number of fused-ring (bicyclic) bond motifs is 1. The van der Waals surface area contributed by atoms with Gasteiger partial charge in [-0.1, -0.05) is 0 Å². The number of pyridine rings is 2. The van der Waals surface area contributed by atoms with Gasteiger partial charge in [-0.3, -0.25) is 4.78 Å². The number of aryl methyl sites for hydroxylation is 1. The lowest BCUT2D eigenvalue weighted by atomic mass is 10.0. The molecule has 1 unspecified atom stereocenters. The molecule has 3 aromatic rings. The van der Waals surface area contributed by atoms with Crippen molar-refractivity contribution in [2.24, 2.45) is 0 Å². The van der Waals surface area contributed by atoms with Crippen molar-refractivity contribution in [3.05, 3.63) is 65.0 Å². The summed E-state index contributed by atoms with van der Waals surface area (Å²) in [5.41, 5.74) is 2.54. The Morgan fingerprint density at radius 1 is 1.17 bits per heavy atom. The Labute approximate surface area is 173 Å². The summed E-state index contributed by atoms with van der Waals surface area (Å²) >= 11 is 0. The predicted molar refractivity (Wildman–Crippen MR) is 112 cm³/mol. The molecular weight excluding hydrogens is 410 g/mol. The number of nitrogens with zero attached hydrogens (tertiary/aromatic N) is 2. The highest BCUT2D eigenvalue weighted by Crippen LogP contribution is 2.39. The highest BCUT2D eigenvalue weighted by Gasteiger charge is 2.23. The monoisotopic (exact) mass is 430 g/mol. The van der Waals surface area contributed by atoms with Crippen LogP contribution in [0.5, 0.6) is 5.75 Å². The molecule has 0 fully saturated rings. The van der Waals surface area contributed by atoms with Gasteiger partial charge in [-0.15, -0.1) is 0 Å². The van der Waals surface area contributed by atoms with Crippen molar-refractivity contribution >= 4 is 21.4 Å². The Hall–Kier alpha value is -3.07. The molecule has 0 spiro atoms. The van der Waals surface area contributed by atoms with Crippen LogP contribution in [0.25, 0.3) is 11.1 Å². The summed E-state index contributed by atoms with van der Waals surface area (Å²) in [5, 5.41) is 3.03. The molecule has 0 saturated carbocycles. The molecule has 1 aliphatic heterocycles. The molecule has 1 aromatic carbocycles. The zero-order valence-corrected chi connectivity index (χ0v) is 17.3. The van der Waals surface area contributed by atoms with Crippen LogP contribution >= 0.6 is 0 Å². The van der Waals surface area contributed by atoms with Crippen LogP contribution in [0.3, 0.4) is 0 Å². The van der Waals surface area contributed by atoms with Crippen LogP contribution in [0.15, 0.2) is 36.5 Å².